The van der Waals surface area contributed by atoms with E-state index in [1.165, 1.54) is 11.8 Å². The number of aliphatic carboxylic acids is 1. The summed E-state index contributed by atoms with van der Waals surface area (Å²) in [6.07, 6.45) is 0. The zero-order valence-corrected chi connectivity index (χ0v) is 8.13. The Balaban J connectivity index is 3.46. The van der Waals surface area contributed by atoms with Crippen molar-refractivity contribution in [2.75, 3.05) is 19.5 Å². The molecule has 5 heteroatoms. The SMILES string of the molecule is COCC(C)SC[C@@H](N)C(=O)O. The summed E-state index contributed by atoms with van der Waals surface area (Å²) in [5, 5.41) is 8.75. The fraction of sp³-hybridized carbons (Fsp3) is 0.857. The van der Waals surface area contributed by atoms with Crippen LogP contribution in [0.3, 0.4) is 0 Å². The Morgan fingerprint density at radius 1 is 1.75 bits per heavy atom. The molecule has 0 spiro atoms. The molecule has 12 heavy (non-hydrogen) atoms. The van der Waals surface area contributed by atoms with Crippen molar-refractivity contribution in [2.45, 2.75) is 18.2 Å². The number of thioether (sulfide) groups is 1. The number of carboxylic acid groups (broad SMARTS) is 1. The zero-order chi connectivity index (χ0) is 9.56. The molecule has 0 aromatic rings. The molecule has 0 aliphatic rings. The number of carbonyl (C=O) groups is 1. The van der Waals surface area contributed by atoms with Crippen LogP contribution < -0.4 is 5.73 Å². The molecule has 0 saturated carbocycles. The minimum absolute atomic E-state index is 0.292. The smallest absolute Gasteiger partial charge is 0.321 e. The summed E-state index contributed by atoms with van der Waals surface area (Å²) < 4.78 is 4.89. The molecule has 0 aromatic heterocycles. The lowest BCUT2D eigenvalue weighted by atomic mass is 10.4. The summed E-state index contributed by atoms with van der Waals surface area (Å²) in [6, 6.07) is -0.769. The standard InChI is InChI=1S/C7H15NO3S/c1-5(3-11-2)12-4-6(8)7(9)10/h5-6H,3-4,8H2,1-2H3,(H,9,10)/t5?,6-/m1/s1. The van der Waals surface area contributed by atoms with E-state index < -0.39 is 12.0 Å². The summed E-state index contributed by atoms with van der Waals surface area (Å²) in [6.45, 7) is 2.60. The van der Waals surface area contributed by atoms with Crippen molar-refractivity contribution in [2.24, 2.45) is 5.73 Å². The monoisotopic (exact) mass is 193 g/mol. The van der Waals surface area contributed by atoms with Gasteiger partial charge in [0.2, 0.25) is 0 Å². The maximum Gasteiger partial charge on any atom is 0.321 e. The minimum Gasteiger partial charge on any atom is -0.480 e. The van der Waals surface area contributed by atoms with Crippen molar-refractivity contribution in [3.8, 4) is 0 Å². The maximum atomic E-state index is 10.3. The van der Waals surface area contributed by atoms with Crippen LogP contribution >= 0.6 is 11.8 Å². The van der Waals surface area contributed by atoms with E-state index in [1.54, 1.807) is 7.11 Å². The molecule has 3 N–H and O–H groups in total. The van der Waals surface area contributed by atoms with Gasteiger partial charge in [-0.2, -0.15) is 11.8 Å². The molecule has 0 aliphatic carbocycles. The Morgan fingerprint density at radius 2 is 2.33 bits per heavy atom. The summed E-state index contributed by atoms with van der Waals surface area (Å²) in [5.41, 5.74) is 5.30. The highest BCUT2D eigenvalue weighted by molar-refractivity contribution is 7.99. The van der Waals surface area contributed by atoms with Crippen molar-refractivity contribution < 1.29 is 14.6 Å². The van der Waals surface area contributed by atoms with Crippen LogP contribution in [0.2, 0.25) is 0 Å². The lowest BCUT2D eigenvalue weighted by Gasteiger charge is -2.11. The molecule has 0 radical (unpaired) electrons. The molecule has 0 saturated heterocycles. The zero-order valence-electron chi connectivity index (χ0n) is 7.32. The van der Waals surface area contributed by atoms with Crippen LogP contribution in [-0.4, -0.2) is 41.8 Å². The summed E-state index contributed by atoms with van der Waals surface area (Å²) in [5.74, 6) is -0.521. The number of nitrogens with two attached hydrogens (primary N) is 1. The van der Waals surface area contributed by atoms with Crippen LogP contribution in [0.15, 0.2) is 0 Å². The second-order valence-corrected chi connectivity index (χ2v) is 4.02. The van der Waals surface area contributed by atoms with Gasteiger partial charge in [0.25, 0.3) is 0 Å². The van der Waals surface area contributed by atoms with Crippen molar-refractivity contribution >= 4 is 17.7 Å². The fourth-order valence-electron chi connectivity index (χ4n) is 0.622. The van der Waals surface area contributed by atoms with Gasteiger partial charge in [-0.1, -0.05) is 6.92 Å². The Bertz CT molecular complexity index is 143. The molecule has 2 atom stereocenters. The van der Waals surface area contributed by atoms with Crippen LogP contribution in [0.25, 0.3) is 0 Å². The largest absolute Gasteiger partial charge is 0.480 e. The van der Waals surface area contributed by atoms with E-state index in [0.717, 1.165) is 0 Å². The van der Waals surface area contributed by atoms with E-state index in [9.17, 15) is 4.79 Å². The fourth-order valence-corrected chi connectivity index (χ4v) is 1.53. The molecule has 0 bridgehead atoms. The minimum atomic E-state index is -0.952. The molecule has 0 aromatic carbocycles. The van der Waals surface area contributed by atoms with Crippen LogP contribution in [-0.2, 0) is 9.53 Å². The molecular formula is C7H15NO3S. The van der Waals surface area contributed by atoms with Crippen LogP contribution in [0.1, 0.15) is 6.92 Å². The topological polar surface area (TPSA) is 72.5 Å². The molecule has 0 fully saturated rings. The summed E-state index contributed by atoms with van der Waals surface area (Å²) in [7, 11) is 1.62. The van der Waals surface area contributed by atoms with Crippen LogP contribution in [0.5, 0.6) is 0 Å². The average molecular weight is 193 g/mol. The molecule has 0 rings (SSSR count). The van der Waals surface area contributed by atoms with E-state index in [2.05, 4.69) is 0 Å². The first-order valence-corrected chi connectivity index (χ1v) is 4.71. The number of carboxylic acids is 1. The maximum absolute atomic E-state index is 10.3. The predicted molar refractivity (Wildman–Crippen MR) is 49.4 cm³/mol. The molecule has 0 amide bonds. The molecule has 0 aliphatic heterocycles. The van der Waals surface area contributed by atoms with E-state index in [1.807, 2.05) is 6.92 Å². The lowest BCUT2D eigenvalue weighted by molar-refractivity contribution is -0.137. The van der Waals surface area contributed by atoms with Gasteiger partial charge in [0.15, 0.2) is 0 Å². The molecule has 72 valence electrons. The Morgan fingerprint density at radius 3 is 2.75 bits per heavy atom. The first-order chi connectivity index (χ1) is 5.57. The first kappa shape index (κ1) is 11.7. The van der Waals surface area contributed by atoms with Gasteiger partial charge in [0.1, 0.15) is 6.04 Å². The van der Waals surface area contributed by atoms with Crippen LogP contribution in [0.4, 0.5) is 0 Å². The third kappa shape index (κ3) is 5.40. The Labute approximate surface area is 76.5 Å². The van der Waals surface area contributed by atoms with Crippen molar-refractivity contribution in [1.29, 1.82) is 0 Å². The number of methoxy groups -OCH3 is 1. The van der Waals surface area contributed by atoms with Gasteiger partial charge in [0, 0.05) is 18.1 Å². The van der Waals surface area contributed by atoms with Gasteiger partial charge in [0.05, 0.1) is 6.61 Å². The second-order valence-electron chi connectivity index (χ2n) is 2.54. The van der Waals surface area contributed by atoms with Crippen molar-refractivity contribution in [3.63, 3.8) is 0 Å². The van der Waals surface area contributed by atoms with Gasteiger partial charge in [-0.05, 0) is 0 Å². The molecule has 0 heterocycles. The van der Waals surface area contributed by atoms with E-state index in [-0.39, 0.29) is 0 Å². The van der Waals surface area contributed by atoms with Crippen molar-refractivity contribution in [3.05, 3.63) is 0 Å². The number of ether oxygens (including phenoxy) is 1. The highest BCUT2D eigenvalue weighted by Crippen LogP contribution is 2.10. The van der Waals surface area contributed by atoms with Crippen molar-refractivity contribution in [1.82, 2.24) is 0 Å². The number of rotatable bonds is 6. The molecule has 1 unspecified atom stereocenters. The molecular weight excluding hydrogens is 178 g/mol. The second kappa shape index (κ2) is 6.28. The Hall–Kier alpha value is -0.260. The third-order valence-electron chi connectivity index (χ3n) is 1.28. The Kier molecular flexibility index (Phi) is 6.14. The normalized spacial score (nSPS) is 15.6. The highest BCUT2D eigenvalue weighted by Gasteiger charge is 2.12. The van der Waals surface area contributed by atoms with Crippen LogP contribution in [0, 0.1) is 0 Å². The number of hydrogen-bond acceptors (Lipinski definition) is 4. The quantitative estimate of drug-likeness (QED) is 0.629. The summed E-state index contributed by atoms with van der Waals surface area (Å²) >= 11 is 1.51. The molecule has 4 nitrogen and oxygen atoms in total. The predicted octanol–water partition coefficient (Wildman–Crippen LogP) is 0.166. The third-order valence-corrected chi connectivity index (χ3v) is 2.54. The number of hydrogen-bond donors (Lipinski definition) is 2. The van der Waals surface area contributed by atoms with Gasteiger partial charge in [-0.15, -0.1) is 0 Å². The highest BCUT2D eigenvalue weighted by atomic mass is 32.2. The van der Waals surface area contributed by atoms with E-state index in [4.69, 9.17) is 15.6 Å². The van der Waals surface area contributed by atoms with Gasteiger partial charge in [-0.25, -0.2) is 0 Å². The van der Waals surface area contributed by atoms with Gasteiger partial charge < -0.3 is 15.6 Å². The van der Waals surface area contributed by atoms with Gasteiger partial charge >= 0.3 is 5.97 Å². The lowest BCUT2D eigenvalue weighted by Crippen LogP contribution is -2.33. The first-order valence-electron chi connectivity index (χ1n) is 3.66. The average Bonchev–Trinajstić information content (AvgIpc) is 2.00. The van der Waals surface area contributed by atoms with Gasteiger partial charge in [-0.3, -0.25) is 4.79 Å². The summed E-state index contributed by atoms with van der Waals surface area (Å²) in [4.78, 5) is 10.3. The van der Waals surface area contributed by atoms with E-state index >= 15 is 0 Å². The van der Waals surface area contributed by atoms with E-state index in [0.29, 0.717) is 17.6 Å².